The topological polar surface area (TPSA) is 0 Å². The van der Waals surface area contributed by atoms with Gasteiger partial charge in [-0.2, -0.15) is 0 Å². The van der Waals surface area contributed by atoms with Gasteiger partial charge in [-0.25, -0.2) is 0 Å². The number of rotatable bonds is 2. The molecule has 0 aliphatic rings. The third-order valence-electron chi connectivity index (χ3n) is 1.49. The smallest absolute Gasteiger partial charge is 0.00461 e. The summed E-state index contributed by atoms with van der Waals surface area (Å²) in [6, 6.07) is 2.23. The summed E-state index contributed by atoms with van der Waals surface area (Å²) in [5.41, 5.74) is 1.53. The van der Waals surface area contributed by atoms with E-state index >= 15 is 0 Å². The first-order valence-corrected chi connectivity index (χ1v) is 4.25. The Hall–Kier alpha value is -0.300. The van der Waals surface area contributed by atoms with Crippen LogP contribution in [-0.2, 0) is 6.42 Å². The second kappa shape index (κ2) is 3.02. The Labute approximate surface area is 60.5 Å². The molecular weight excluding hydrogens is 128 g/mol. The van der Waals surface area contributed by atoms with Crippen LogP contribution in [0.5, 0.6) is 0 Å². The number of hydrogen-bond acceptors (Lipinski definition) is 1. The minimum absolute atomic E-state index is 1.25. The van der Waals surface area contributed by atoms with Gasteiger partial charge in [-0.05, 0) is 30.4 Å². The molecule has 0 atom stereocenters. The predicted molar refractivity (Wildman–Crippen MR) is 43.1 cm³/mol. The molecule has 0 aliphatic heterocycles. The van der Waals surface area contributed by atoms with Gasteiger partial charge in [0.15, 0.2) is 0 Å². The number of hydrogen-bond donors (Lipinski definition) is 0. The summed E-state index contributed by atoms with van der Waals surface area (Å²) in [4.78, 5) is 1.48. The largest absolute Gasteiger partial charge is 0.149 e. The van der Waals surface area contributed by atoms with Crippen LogP contribution < -0.4 is 0 Å². The van der Waals surface area contributed by atoms with Crippen LogP contribution in [0, 0.1) is 6.92 Å². The van der Waals surface area contributed by atoms with E-state index in [0.717, 1.165) is 0 Å². The van der Waals surface area contributed by atoms with Gasteiger partial charge in [0.2, 0.25) is 0 Å². The quantitative estimate of drug-likeness (QED) is 0.592. The van der Waals surface area contributed by atoms with Crippen molar-refractivity contribution < 1.29 is 0 Å². The molecule has 0 amide bonds. The monoisotopic (exact) mass is 140 g/mol. The van der Waals surface area contributed by atoms with E-state index in [2.05, 4.69) is 25.3 Å². The molecule has 1 heteroatoms. The van der Waals surface area contributed by atoms with Crippen LogP contribution in [0.3, 0.4) is 0 Å². The van der Waals surface area contributed by atoms with Crippen LogP contribution >= 0.6 is 11.3 Å². The van der Waals surface area contributed by atoms with E-state index in [-0.39, 0.29) is 0 Å². The molecule has 1 heterocycles. The molecule has 0 saturated carbocycles. The van der Waals surface area contributed by atoms with Gasteiger partial charge < -0.3 is 0 Å². The van der Waals surface area contributed by atoms with Crippen LogP contribution in [0.2, 0.25) is 0 Å². The second-order valence-electron chi connectivity index (χ2n) is 2.25. The molecule has 9 heavy (non-hydrogen) atoms. The Kier molecular flexibility index (Phi) is 2.29. The average Bonchev–Trinajstić information content (AvgIpc) is 2.18. The van der Waals surface area contributed by atoms with Gasteiger partial charge in [-0.15, -0.1) is 11.3 Å². The third kappa shape index (κ3) is 1.55. The highest BCUT2D eigenvalue weighted by Crippen LogP contribution is 2.15. The third-order valence-corrected chi connectivity index (χ3v) is 2.37. The highest BCUT2D eigenvalue weighted by molar-refractivity contribution is 7.10. The summed E-state index contributed by atoms with van der Waals surface area (Å²) in [6.07, 6.45) is 2.51. The highest BCUT2D eigenvalue weighted by atomic mass is 32.1. The van der Waals surface area contributed by atoms with E-state index in [4.69, 9.17) is 0 Å². The summed E-state index contributed by atoms with van der Waals surface area (Å²) >= 11 is 1.84. The lowest BCUT2D eigenvalue weighted by Gasteiger charge is -1.92. The standard InChI is InChI=1S/C8H12S/c1-3-4-8-5-6-9-7(8)2/h5-6H,3-4H2,1-2H3. The van der Waals surface area contributed by atoms with Crippen molar-refractivity contribution in [3.05, 3.63) is 21.9 Å². The van der Waals surface area contributed by atoms with Crippen molar-refractivity contribution in [1.82, 2.24) is 0 Å². The molecule has 0 nitrogen and oxygen atoms in total. The molecule has 50 valence electrons. The Balaban J connectivity index is 2.69. The number of thiophene rings is 1. The van der Waals surface area contributed by atoms with Gasteiger partial charge in [-0.3, -0.25) is 0 Å². The molecule has 0 saturated heterocycles. The molecule has 1 aromatic rings. The summed E-state index contributed by atoms with van der Waals surface area (Å²) in [7, 11) is 0. The van der Waals surface area contributed by atoms with Crippen LogP contribution in [-0.4, -0.2) is 0 Å². The molecule has 0 radical (unpaired) electrons. The van der Waals surface area contributed by atoms with E-state index < -0.39 is 0 Å². The lowest BCUT2D eigenvalue weighted by Crippen LogP contribution is -1.79. The summed E-state index contributed by atoms with van der Waals surface area (Å²) in [5.74, 6) is 0. The SMILES string of the molecule is CCCc1ccsc1C. The van der Waals surface area contributed by atoms with Crippen LogP contribution in [0.4, 0.5) is 0 Å². The van der Waals surface area contributed by atoms with E-state index in [1.165, 1.54) is 23.3 Å². The van der Waals surface area contributed by atoms with E-state index in [0.29, 0.717) is 0 Å². The molecule has 0 unspecified atom stereocenters. The van der Waals surface area contributed by atoms with Crippen LogP contribution in [0.15, 0.2) is 11.4 Å². The highest BCUT2D eigenvalue weighted by Gasteiger charge is 1.95. The van der Waals surface area contributed by atoms with Gasteiger partial charge >= 0.3 is 0 Å². The van der Waals surface area contributed by atoms with Crippen molar-refractivity contribution in [3.63, 3.8) is 0 Å². The Morgan fingerprint density at radius 2 is 2.33 bits per heavy atom. The average molecular weight is 140 g/mol. The molecule has 0 N–H and O–H groups in total. The second-order valence-corrected chi connectivity index (χ2v) is 3.37. The van der Waals surface area contributed by atoms with Crippen molar-refractivity contribution in [2.75, 3.05) is 0 Å². The van der Waals surface area contributed by atoms with Gasteiger partial charge in [0, 0.05) is 4.88 Å². The zero-order chi connectivity index (χ0) is 6.69. The molecule has 0 spiro atoms. The van der Waals surface area contributed by atoms with Crippen LogP contribution in [0.1, 0.15) is 23.8 Å². The van der Waals surface area contributed by atoms with E-state index in [1.807, 2.05) is 11.3 Å². The lowest BCUT2D eigenvalue weighted by molar-refractivity contribution is 0.920. The maximum atomic E-state index is 2.23. The molecule has 0 aromatic carbocycles. The summed E-state index contributed by atoms with van der Waals surface area (Å²) in [5, 5.41) is 2.17. The van der Waals surface area contributed by atoms with E-state index in [9.17, 15) is 0 Å². The summed E-state index contributed by atoms with van der Waals surface area (Å²) in [6.45, 7) is 4.41. The van der Waals surface area contributed by atoms with Gasteiger partial charge in [0.1, 0.15) is 0 Å². The van der Waals surface area contributed by atoms with Gasteiger partial charge in [0.05, 0.1) is 0 Å². The predicted octanol–water partition coefficient (Wildman–Crippen LogP) is 3.01. The Morgan fingerprint density at radius 3 is 2.78 bits per heavy atom. The minimum atomic E-state index is 1.25. The zero-order valence-electron chi connectivity index (χ0n) is 5.98. The molecular formula is C8H12S. The van der Waals surface area contributed by atoms with Crippen molar-refractivity contribution in [3.8, 4) is 0 Å². The summed E-state index contributed by atoms with van der Waals surface area (Å²) < 4.78 is 0. The first kappa shape index (κ1) is 6.81. The Bertz CT molecular complexity index is 176. The zero-order valence-corrected chi connectivity index (χ0v) is 6.79. The van der Waals surface area contributed by atoms with E-state index in [1.54, 1.807) is 0 Å². The molecule has 0 aliphatic carbocycles. The van der Waals surface area contributed by atoms with Crippen LogP contribution in [0.25, 0.3) is 0 Å². The fourth-order valence-electron chi connectivity index (χ4n) is 0.940. The van der Waals surface area contributed by atoms with Gasteiger partial charge in [-0.1, -0.05) is 13.3 Å². The fraction of sp³-hybridized carbons (Fsp3) is 0.500. The minimum Gasteiger partial charge on any atom is -0.149 e. The molecule has 0 fully saturated rings. The maximum absolute atomic E-state index is 2.23. The molecule has 1 rings (SSSR count). The van der Waals surface area contributed by atoms with Crippen molar-refractivity contribution in [1.29, 1.82) is 0 Å². The first-order valence-electron chi connectivity index (χ1n) is 3.37. The lowest BCUT2D eigenvalue weighted by atomic mass is 10.2. The van der Waals surface area contributed by atoms with Gasteiger partial charge in [0.25, 0.3) is 0 Å². The molecule has 0 bridgehead atoms. The molecule has 1 aromatic heterocycles. The van der Waals surface area contributed by atoms with Crippen molar-refractivity contribution in [2.45, 2.75) is 26.7 Å². The first-order chi connectivity index (χ1) is 4.34. The van der Waals surface area contributed by atoms with Crippen molar-refractivity contribution in [2.24, 2.45) is 0 Å². The maximum Gasteiger partial charge on any atom is 0.00461 e. The Morgan fingerprint density at radius 1 is 1.56 bits per heavy atom. The normalized spacial score (nSPS) is 10.0. The number of aryl methyl sites for hydroxylation is 2. The fourth-order valence-corrected chi connectivity index (χ4v) is 1.70. The van der Waals surface area contributed by atoms with Crippen molar-refractivity contribution >= 4 is 11.3 Å².